The monoisotopic (exact) mass is 363 g/mol. The predicted molar refractivity (Wildman–Crippen MR) is 99.3 cm³/mol. The smallest absolute Gasteiger partial charge is 0.257 e. The first-order valence-corrected chi connectivity index (χ1v) is 8.86. The van der Waals surface area contributed by atoms with Crippen LogP contribution in [0.15, 0.2) is 36.7 Å². The van der Waals surface area contributed by atoms with Crippen molar-refractivity contribution in [1.29, 1.82) is 0 Å². The molecule has 1 aromatic carbocycles. The molecule has 1 aliphatic heterocycles. The maximum atomic E-state index is 12.5. The second kappa shape index (κ2) is 7.86. The molecule has 0 spiro atoms. The molecular formula is C18H19Cl2N3O. The third-order valence-electron chi connectivity index (χ3n) is 4.16. The second-order valence-electron chi connectivity index (χ2n) is 5.89. The fraction of sp³-hybridized carbons (Fsp3) is 0.333. The van der Waals surface area contributed by atoms with Gasteiger partial charge in [-0.2, -0.15) is 0 Å². The van der Waals surface area contributed by atoms with Crippen LogP contribution in [0.25, 0.3) is 0 Å². The molecule has 0 aliphatic carbocycles. The van der Waals surface area contributed by atoms with Gasteiger partial charge < -0.3 is 10.2 Å². The highest BCUT2D eigenvalue weighted by atomic mass is 35.5. The summed E-state index contributed by atoms with van der Waals surface area (Å²) in [6, 6.07) is 7.03. The number of benzene rings is 1. The summed E-state index contributed by atoms with van der Waals surface area (Å²) in [6.07, 6.45) is 8.25. The average Bonchev–Trinajstić information content (AvgIpc) is 2.88. The largest absolute Gasteiger partial charge is 0.370 e. The molecule has 0 atom stereocenters. The summed E-state index contributed by atoms with van der Waals surface area (Å²) < 4.78 is 0. The molecule has 1 N–H and O–H groups in total. The van der Waals surface area contributed by atoms with Crippen LogP contribution in [-0.4, -0.2) is 24.0 Å². The van der Waals surface area contributed by atoms with Gasteiger partial charge in [0.05, 0.1) is 33.2 Å². The van der Waals surface area contributed by atoms with Crippen molar-refractivity contribution in [3.05, 3.63) is 52.3 Å². The quantitative estimate of drug-likeness (QED) is 0.832. The molecule has 0 saturated carbocycles. The van der Waals surface area contributed by atoms with Gasteiger partial charge in [-0.05, 0) is 31.0 Å². The van der Waals surface area contributed by atoms with E-state index < -0.39 is 0 Å². The minimum absolute atomic E-state index is 0.247. The van der Waals surface area contributed by atoms with Gasteiger partial charge in [0.15, 0.2) is 0 Å². The molecule has 2 heterocycles. The summed E-state index contributed by atoms with van der Waals surface area (Å²) in [4.78, 5) is 19.0. The lowest BCUT2D eigenvalue weighted by molar-refractivity contribution is 0.102. The van der Waals surface area contributed by atoms with Gasteiger partial charge in [0.25, 0.3) is 5.91 Å². The molecule has 0 bridgehead atoms. The number of rotatable bonds is 3. The summed E-state index contributed by atoms with van der Waals surface area (Å²) in [7, 11) is 0. The Labute approximate surface area is 151 Å². The van der Waals surface area contributed by atoms with Gasteiger partial charge in [0, 0.05) is 19.3 Å². The van der Waals surface area contributed by atoms with Gasteiger partial charge in [-0.1, -0.05) is 42.1 Å². The molecule has 126 valence electrons. The number of carbonyl (C=O) groups excluding carboxylic acids is 1. The fourth-order valence-corrected chi connectivity index (χ4v) is 3.20. The molecule has 1 amide bonds. The number of anilines is 2. The van der Waals surface area contributed by atoms with E-state index in [1.54, 1.807) is 24.4 Å². The summed E-state index contributed by atoms with van der Waals surface area (Å²) >= 11 is 12.1. The van der Waals surface area contributed by atoms with E-state index in [0.717, 1.165) is 18.8 Å². The van der Waals surface area contributed by atoms with Crippen LogP contribution in [0.2, 0.25) is 10.0 Å². The van der Waals surface area contributed by atoms with E-state index in [1.807, 2.05) is 12.3 Å². The van der Waals surface area contributed by atoms with E-state index in [-0.39, 0.29) is 5.91 Å². The third kappa shape index (κ3) is 4.00. The summed E-state index contributed by atoms with van der Waals surface area (Å²) in [5.74, 6) is -0.247. The minimum atomic E-state index is -0.247. The van der Waals surface area contributed by atoms with Gasteiger partial charge in [0.2, 0.25) is 0 Å². The summed E-state index contributed by atoms with van der Waals surface area (Å²) in [5, 5.41) is 3.54. The number of nitrogens with zero attached hydrogens (tertiary/aromatic N) is 2. The van der Waals surface area contributed by atoms with Crippen molar-refractivity contribution < 1.29 is 4.79 Å². The van der Waals surface area contributed by atoms with Crippen molar-refractivity contribution in [3.8, 4) is 0 Å². The molecule has 1 aromatic heterocycles. The Hall–Kier alpha value is -1.78. The van der Waals surface area contributed by atoms with Gasteiger partial charge in [0.1, 0.15) is 0 Å². The zero-order valence-electron chi connectivity index (χ0n) is 13.3. The first-order valence-electron chi connectivity index (χ1n) is 8.10. The number of halogens is 2. The lowest BCUT2D eigenvalue weighted by atomic mass is 10.2. The van der Waals surface area contributed by atoms with Crippen LogP contribution in [0.1, 0.15) is 36.0 Å². The molecule has 1 aliphatic rings. The van der Waals surface area contributed by atoms with E-state index in [0.29, 0.717) is 21.3 Å². The molecule has 2 aromatic rings. The Morgan fingerprint density at radius 2 is 1.83 bits per heavy atom. The molecule has 24 heavy (non-hydrogen) atoms. The molecule has 0 radical (unpaired) electrons. The van der Waals surface area contributed by atoms with Crippen molar-refractivity contribution in [2.45, 2.75) is 25.7 Å². The number of amides is 1. The topological polar surface area (TPSA) is 45.2 Å². The number of aromatic nitrogens is 1. The summed E-state index contributed by atoms with van der Waals surface area (Å²) in [6.45, 7) is 2.01. The number of nitrogens with one attached hydrogen (secondary N) is 1. The van der Waals surface area contributed by atoms with Crippen molar-refractivity contribution in [3.63, 3.8) is 0 Å². The van der Waals surface area contributed by atoms with Gasteiger partial charge >= 0.3 is 0 Å². The SMILES string of the molecule is O=C(Nc1cccc(Cl)c1Cl)c1cncc(N2CCCCCC2)c1. The van der Waals surface area contributed by atoms with Crippen LogP contribution in [0, 0.1) is 0 Å². The Bertz CT molecular complexity index is 728. The lowest BCUT2D eigenvalue weighted by Gasteiger charge is -2.22. The highest BCUT2D eigenvalue weighted by Gasteiger charge is 2.14. The van der Waals surface area contributed by atoms with Crippen molar-refractivity contribution >= 4 is 40.5 Å². The number of hydrogen-bond acceptors (Lipinski definition) is 3. The average molecular weight is 364 g/mol. The van der Waals surface area contributed by atoms with E-state index in [9.17, 15) is 4.79 Å². The Morgan fingerprint density at radius 3 is 2.58 bits per heavy atom. The molecule has 1 saturated heterocycles. The van der Waals surface area contributed by atoms with Gasteiger partial charge in [-0.15, -0.1) is 0 Å². The number of hydrogen-bond donors (Lipinski definition) is 1. The lowest BCUT2D eigenvalue weighted by Crippen LogP contribution is -2.24. The molecular weight excluding hydrogens is 345 g/mol. The Balaban J connectivity index is 1.77. The molecule has 0 unspecified atom stereocenters. The maximum Gasteiger partial charge on any atom is 0.257 e. The third-order valence-corrected chi connectivity index (χ3v) is 4.98. The van der Waals surface area contributed by atoms with Gasteiger partial charge in [-0.25, -0.2) is 0 Å². The van der Waals surface area contributed by atoms with Gasteiger partial charge in [-0.3, -0.25) is 9.78 Å². The van der Waals surface area contributed by atoms with E-state index in [2.05, 4.69) is 15.2 Å². The van der Waals surface area contributed by atoms with E-state index >= 15 is 0 Å². The van der Waals surface area contributed by atoms with Crippen LogP contribution in [0.4, 0.5) is 11.4 Å². The highest BCUT2D eigenvalue weighted by Crippen LogP contribution is 2.30. The van der Waals surface area contributed by atoms with Crippen LogP contribution >= 0.6 is 23.2 Å². The zero-order valence-corrected chi connectivity index (χ0v) is 14.8. The van der Waals surface area contributed by atoms with Crippen LogP contribution < -0.4 is 10.2 Å². The molecule has 6 heteroatoms. The summed E-state index contributed by atoms with van der Waals surface area (Å²) in [5.41, 5.74) is 1.99. The number of pyridine rings is 1. The Kier molecular flexibility index (Phi) is 5.59. The van der Waals surface area contributed by atoms with E-state index in [4.69, 9.17) is 23.2 Å². The second-order valence-corrected chi connectivity index (χ2v) is 6.67. The molecule has 1 fully saturated rings. The first-order chi connectivity index (χ1) is 11.6. The molecule has 4 nitrogen and oxygen atoms in total. The highest BCUT2D eigenvalue weighted by molar-refractivity contribution is 6.44. The number of carbonyl (C=O) groups is 1. The Morgan fingerprint density at radius 1 is 1.08 bits per heavy atom. The van der Waals surface area contributed by atoms with Crippen molar-refractivity contribution in [2.75, 3.05) is 23.3 Å². The van der Waals surface area contributed by atoms with Crippen LogP contribution in [-0.2, 0) is 0 Å². The molecule has 3 rings (SSSR count). The van der Waals surface area contributed by atoms with E-state index in [1.165, 1.54) is 25.7 Å². The first kappa shape index (κ1) is 17.1. The van der Waals surface area contributed by atoms with Crippen LogP contribution in [0.5, 0.6) is 0 Å². The standard InChI is InChI=1S/C18H19Cl2N3O/c19-15-6-5-7-16(17(15)20)22-18(24)13-10-14(12-21-11-13)23-8-3-1-2-4-9-23/h5-7,10-12H,1-4,8-9H2,(H,22,24). The fourth-order valence-electron chi connectivity index (χ4n) is 2.85. The minimum Gasteiger partial charge on any atom is -0.370 e. The maximum absolute atomic E-state index is 12.5. The van der Waals surface area contributed by atoms with Crippen molar-refractivity contribution in [2.24, 2.45) is 0 Å². The zero-order chi connectivity index (χ0) is 16.9. The normalized spacial score (nSPS) is 15.0. The van der Waals surface area contributed by atoms with Crippen molar-refractivity contribution in [1.82, 2.24) is 4.98 Å². The van der Waals surface area contributed by atoms with Crippen LogP contribution in [0.3, 0.4) is 0 Å². The predicted octanol–water partition coefficient (Wildman–Crippen LogP) is 5.02.